The average Bonchev–Trinajstić information content (AvgIpc) is 2.74. The van der Waals surface area contributed by atoms with Crippen molar-refractivity contribution in [1.82, 2.24) is 10.2 Å². The molecule has 0 aliphatic heterocycles. The van der Waals surface area contributed by atoms with Crippen LogP contribution in [0, 0.1) is 0 Å². The molecule has 0 saturated heterocycles. The number of aryl methyl sites for hydroxylation is 1. The van der Waals surface area contributed by atoms with E-state index in [9.17, 15) is 9.90 Å². The van der Waals surface area contributed by atoms with Crippen LogP contribution < -0.4 is 14.8 Å². The van der Waals surface area contributed by atoms with E-state index in [4.69, 9.17) is 9.47 Å². The largest absolute Gasteiger partial charge is 0.497 e. The molecule has 2 atom stereocenters. The van der Waals surface area contributed by atoms with Crippen molar-refractivity contribution in [3.05, 3.63) is 59.7 Å². The molecular weight excluding hydrogens is 380 g/mol. The number of methoxy groups -OCH3 is 1. The van der Waals surface area contributed by atoms with Crippen LogP contribution in [0.15, 0.2) is 48.5 Å². The second kappa shape index (κ2) is 12.3. The number of nitrogens with zero attached hydrogens (tertiary/aromatic N) is 1. The molecule has 30 heavy (non-hydrogen) atoms. The van der Waals surface area contributed by atoms with Crippen molar-refractivity contribution in [2.75, 3.05) is 40.9 Å². The maximum Gasteiger partial charge on any atom is 0.130 e. The van der Waals surface area contributed by atoms with Crippen LogP contribution in [0.4, 0.5) is 0 Å². The third-order valence-electron chi connectivity index (χ3n) is 4.97. The van der Waals surface area contributed by atoms with Crippen LogP contribution in [0.2, 0.25) is 0 Å². The Morgan fingerprint density at radius 2 is 1.67 bits per heavy atom. The Hall–Kier alpha value is -2.41. The standard InChI is InChI=1S/C24H34N2O4/c1-18(27)5-6-19-7-11-23(12-8-19)30-17-21(28)15-25-16-24(26(2)3)20-9-13-22(29-4)14-10-20/h7-14,21,24-25,28H,5-6,15-17H2,1-4H3/t21-,24+/m1/s1. The van der Waals surface area contributed by atoms with E-state index in [2.05, 4.69) is 22.3 Å². The highest BCUT2D eigenvalue weighted by molar-refractivity contribution is 5.75. The molecule has 0 aliphatic carbocycles. The lowest BCUT2D eigenvalue weighted by Gasteiger charge is -2.26. The fourth-order valence-corrected chi connectivity index (χ4v) is 3.14. The van der Waals surface area contributed by atoms with E-state index in [0.29, 0.717) is 25.3 Å². The summed E-state index contributed by atoms with van der Waals surface area (Å²) in [5.74, 6) is 1.74. The molecule has 0 spiro atoms. The molecule has 6 nitrogen and oxygen atoms in total. The van der Waals surface area contributed by atoms with Gasteiger partial charge in [-0.15, -0.1) is 0 Å². The summed E-state index contributed by atoms with van der Waals surface area (Å²) in [6.45, 7) is 2.97. The highest BCUT2D eigenvalue weighted by Gasteiger charge is 2.15. The minimum atomic E-state index is -0.610. The zero-order valence-corrected chi connectivity index (χ0v) is 18.4. The molecule has 0 aromatic heterocycles. The summed E-state index contributed by atoms with van der Waals surface area (Å²) in [7, 11) is 5.73. The first-order valence-electron chi connectivity index (χ1n) is 10.3. The summed E-state index contributed by atoms with van der Waals surface area (Å²) in [5, 5.41) is 13.6. The molecule has 2 N–H and O–H groups in total. The Labute approximate surface area is 179 Å². The predicted molar refractivity (Wildman–Crippen MR) is 119 cm³/mol. The molecule has 2 aromatic rings. The second-order valence-electron chi connectivity index (χ2n) is 7.72. The van der Waals surface area contributed by atoms with E-state index in [1.807, 2.05) is 50.5 Å². The summed E-state index contributed by atoms with van der Waals surface area (Å²) in [4.78, 5) is 13.2. The van der Waals surface area contributed by atoms with Crippen LogP contribution in [0.25, 0.3) is 0 Å². The van der Waals surface area contributed by atoms with Crippen molar-refractivity contribution in [1.29, 1.82) is 0 Å². The van der Waals surface area contributed by atoms with Gasteiger partial charge in [-0.2, -0.15) is 0 Å². The van der Waals surface area contributed by atoms with Crippen LogP contribution in [0.5, 0.6) is 11.5 Å². The van der Waals surface area contributed by atoms with E-state index in [-0.39, 0.29) is 18.4 Å². The van der Waals surface area contributed by atoms with Gasteiger partial charge in [-0.3, -0.25) is 0 Å². The van der Waals surface area contributed by atoms with Gasteiger partial charge in [0.1, 0.15) is 30.0 Å². The average molecular weight is 415 g/mol. The summed E-state index contributed by atoms with van der Waals surface area (Å²) >= 11 is 0. The van der Waals surface area contributed by atoms with Crippen LogP contribution in [-0.2, 0) is 11.2 Å². The molecule has 6 heteroatoms. The van der Waals surface area contributed by atoms with Gasteiger partial charge in [-0.1, -0.05) is 24.3 Å². The molecule has 0 saturated carbocycles. The molecule has 2 rings (SSSR count). The number of likely N-dealkylation sites (N-methyl/N-ethyl adjacent to an activating group) is 1. The van der Waals surface area contributed by atoms with Crippen molar-refractivity contribution in [2.45, 2.75) is 31.9 Å². The number of aliphatic hydroxyl groups is 1. The molecule has 0 radical (unpaired) electrons. The first-order valence-corrected chi connectivity index (χ1v) is 10.3. The number of ether oxygens (including phenoxy) is 2. The molecule has 0 aliphatic rings. The molecule has 0 fully saturated rings. The van der Waals surface area contributed by atoms with Crippen LogP contribution >= 0.6 is 0 Å². The lowest BCUT2D eigenvalue weighted by atomic mass is 10.1. The minimum absolute atomic E-state index is 0.187. The van der Waals surface area contributed by atoms with E-state index < -0.39 is 6.10 Å². The normalized spacial score (nSPS) is 13.1. The number of rotatable bonds is 13. The van der Waals surface area contributed by atoms with Crippen molar-refractivity contribution in [3.8, 4) is 11.5 Å². The number of carbonyl (C=O) groups is 1. The number of Topliss-reactive ketones (excluding diaryl/α,β-unsaturated/α-hetero) is 1. The maximum atomic E-state index is 11.1. The Balaban J connectivity index is 1.74. The van der Waals surface area contributed by atoms with Gasteiger partial charge < -0.3 is 29.6 Å². The fraction of sp³-hybridized carbons (Fsp3) is 0.458. The number of aliphatic hydroxyl groups excluding tert-OH is 1. The van der Waals surface area contributed by atoms with Crippen LogP contribution in [-0.4, -0.2) is 62.8 Å². The lowest BCUT2D eigenvalue weighted by Crippen LogP contribution is -2.37. The van der Waals surface area contributed by atoms with E-state index >= 15 is 0 Å². The molecule has 0 unspecified atom stereocenters. The first kappa shape index (κ1) is 23.9. The Kier molecular flexibility index (Phi) is 9.80. The van der Waals surface area contributed by atoms with E-state index in [1.54, 1.807) is 14.0 Å². The highest BCUT2D eigenvalue weighted by Crippen LogP contribution is 2.20. The summed E-state index contributed by atoms with van der Waals surface area (Å²) < 4.78 is 10.9. The smallest absolute Gasteiger partial charge is 0.130 e. The van der Waals surface area contributed by atoms with Crippen molar-refractivity contribution < 1.29 is 19.4 Å². The fourth-order valence-electron chi connectivity index (χ4n) is 3.14. The third-order valence-corrected chi connectivity index (χ3v) is 4.97. The van der Waals surface area contributed by atoms with Crippen LogP contribution in [0.1, 0.15) is 30.5 Å². The summed E-state index contributed by atoms with van der Waals surface area (Å²) in [6.07, 6.45) is 0.680. The Morgan fingerprint density at radius 3 is 2.23 bits per heavy atom. The van der Waals surface area contributed by atoms with E-state index in [0.717, 1.165) is 17.7 Å². The highest BCUT2D eigenvalue weighted by atomic mass is 16.5. The molecule has 2 aromatic carbocycles. The summed E-state index contributed by atoms with van der Waals surface area (Å²) in [6, 6.07) is 15.9. The predicted octanol–water partition coefficient (Wildman–Crippen LogP) is 2.85. The van der Waals surface area contributed by atoms with Gasteiger partial charge in [0.2, 0.25) is 0 Å². The third kappa shape index (κ3) is 8.14. The zero-order chi connectivity index (χ0) is 21.9. The van der Waals surface area contributed by atoms with Gasteiger partial charge in [0.05, 0.1) is 7.11 Å². The SMILES string of the molecule is COc1ccc([C@H](CNC[C@@H](O)COc2ccc(CCC(C)=O)cc2)N(C)C)cc1. The number of benzene rings is 2. The van der Waals surface area contributed by atoms with Gasteiger partial charge in [0.15, 0.2) is 0 Å². The van der Waals surface area contributed by atoms with Gasteiger partial charge in [0, 0.05) is 25.6 Å². The number of carbonyl (C=O) groups excluding carboxylic acids is 1. The number of hydrogen-bond donors (Lipinski definition) is 2. The number of ketones is 1. The quantitative estimate of drug-likeness (QED) is 0.525. The van der Waals surface area contributed by atoms with Gasteiger partial charge in [0.25, 0.3) is 0 Å². The first-order chi connectivity index (χ1) is 14.4. The zero-order valence-electron chi connectivity index (χ0n) is 18.4. The Bertz CT molecular complexity index is 760. The van der Waals surface area contributed by atoms with Gasteiger partial charge in [-0.25, -0.2) is 0 Å². The van der Waals surface area contributed by atoms with Crippen LogP contribution in [0.3, 0.4) is 0 Å². The minimum Gasteiger partial charge on any atom is -0.497 e. The summed E-state index contributed by atoms with van der Waals surface area (Å²) in [5.41, 5.74) is 2.29. The van der Waals surface area contributed by atoms with E-state index in [1.165, 1.54) is 5.56 Å². The molecule has 164 valence electrons. The van der Waals surface area contributed by atoms with Gasteiger partial charge >= 0.3 is 0 Å². The van der Waals surface area contributed by atoms with Crippen molar-refractivity contribution in [3.63, 3.8) is 0 Å². The van der Waals surface area contributed by atoms with Crippen molar-refractivity contribution in [2.24, 2.45) is 0 Å². The lowest BCUT2D eigenvalue weighted by molar-refractivity contribution is -0.116. The second-order valence-corrected chi connectivity index (χ2v) is 7.72. The molecule has 0 heterocycles. The molecular formula is C24H34N2O4. The van der Waals surface area contributed by atoms with Crippen molar-refractivity contribution >= 4 is 5.78 Å². The molecule has 0 bridgehead atoms. The van der Waals surface area contributed by atoms with Gasteiger partial charge in [-0.05, 0) is 62.8 Å². The Morgan fingerprint density at radius 1 is 1.03 bits per heavy atom. The number of hydrogen-bond acceptors (Lipinski definition) is 6. The molecule has 0 amide bonds. The topological polar surface area (TPSA) is 71.0 Å². The monoisotopic (exact) mass is 414 g/mol. The number of nitrogens with one attached hydrogen (secondary N) is 1. The maximum absolute atomic E-state index is 11.1.